The normalized spacial score (nSPS) is 10.8. The molecule has 0 spiro atoms. The first-order chi connectivity index (χ1) is 15.6. The van der Waals surface area contributed by atoms with Crippen LogP contribution in [0.25, 0.3) is 0 Å². The lowest BCUT2D eigenvalue weighted by atomic mass is 10.1. The fourth-order valence-corrected chi connectivity index (χ4v) is 3.35. The molecular formula is C23H27BrN4O5. The van der Waals surface area contributed by atoms with Crippen molar-refractivity contribution in [2.24, 2.45) is 5.10 Å². The van der Waals surface area contributed by atoms with Gasteiger partial charge in [0.05, 0.1) is 17.8 Å². The lowest BCUT2D eigenvalue weighted by molar-refractivity contribution is -0.139. The summed E-state index contributed by atoms with van der Waals surface area (Å²) in [6.45, 7) is 7.17. The maximum atomic E-state index is 12.3. The molecule has 2 aromatic rings. The predicted molar refractivity (Wildman–Crippen MR) is 130 cm³/mol. The number of nitrogens with one attached hydrogen (secondary N) is 3. The molecule has 2 aromatic carbocycles. The number of methoxy groups -OCH3 is 1. The average molecular weight is 519 g/mol. The fourth-order valence-electron chi connectivity index (χ4n) is 2.78. The number of amides is 3. The molecule has 0 saturated heterocycles. The van der Waals surface area contributed by atoms with Crippen LogP contribution in [-0.2, 0) is 14.4 Å². The zero-order chi connectivity index (χ0) is 24.5. The molecule has 0 aliphatic carbocycles. The Morgan fingerprint density at radius 2 is 1.85 bits per heavy atom. The molecule has 33 heavy (non-hydrogen) atoms. The number of rotatable bonds is 8. The minimum absolute atomic E-state index is 0.164. The topological polar surface area (TPSA) is 118 Å². The first-order valence-corrected chi connectivity index (χ1v) is 10.9. The van der Waals surface area contributed by atoms with Gasteiger partial charge in [0.2, 0.25) is 0 Å². The molecule has 3 N–H and O–H groups in total. The Morgan fingerprint density at radius 1 is 1.12 bits per heavy atom. The Kier molecular flexibility index (Phi) is 9.41. The van der Waals surface area contributed by atoms with Crippen molar-refractivity contribution in [1.82, 2.24) is 10.7 Å². The number of nitrogens with zero attached hydrogens (tertiary/aromatic N) is 1. The molecule has 10 heteroatoms. The van der Waals surface area contributed by atoms with Crippen LogP contribution in [0.4, 0.5) is 5.69 Å². The Bertz CT molecular complexity index is 1070. The number of aryl methyl sites for hydroxylation is 2. The van der Waals surface area contributed by atoms with Gasteiger partial charge in [-0.15, -0.1) is 0 Å². The van der Waals surface area contributed by atoms with E-state index in [2.05, 4.69) is 37.1 Å². The Labute approximate surface area is 201 Å². The second-order valence-electron chi connectivity index (χ2n) is 7.52. The summed E-state index contributed by atoms with van der Waals surface area (Å²) in [5.41, 5.74) is 5.51. The quantitative estimate of drug-likeness (QED) is 0.282. The Balaban J connectivity index is 2.02. The summed E-state index contributed by atoms with van der Waals surface area (Å²) in [6, 6.07) is 8.87. The smallest absolute Gasteiger partial charge is 0.329 e. The van der Waals surface area contributed by atoms with Crippen LogP contribution in [-0.4, -0.2) is 43.7 Å². The van der Waals surface area contributed by atoms with Crippen molar-refractivity contribution in [3.05, 3.63) is 51.5 Å². The SMILES string of the molecule is COc1cc(/C=N\NC(=O)C(=O)NC(C)C)cc(Br)c1OCC(=O)Nc1ccc(C)cc1C. The summed E-state index contributed by atoms with van der Waals surface area (Å²) in [5.74, 6) is -1.27. The van der Waals surface area contributed by atoms with E-state index in [1.807, 2.05) is 32.0 Å². The van der Waals surface area contributed by atoms with Gasteiger partial charge in [-0.1, -0.05) is 17.7 Å². The van der Waals surface area contributed by atoms with Crippen molar-refractivity contribution in [2.45, 2.75) is 33.7 Å². The molecule has 176 valence electrons. The first kappa shape index (κ1) is 25.9. The van der Waals surface area contributed by atoms with E-state index in [0.717, 1.165) is 16.8 Å². The molecule has 0 fully saturated rings. The third kappa shape index (κ3) is 7.90. The van der Waals surface area contributed by atoms with Crippen LogP contribution >= 0.6 is 15.9 Å². The van der Waals surface area contributed by atoms with Crippen molar-refractivity contribution < 1.29 is 23.9 Å². The summed E-state index contributed by atoms with van der Waals surface area (Å²) in [6.07, 6.45) is 1.35. The average Bonchev–Trinajstić information content (AvgIpc) is 2.74. The van der Waals surface area contributed by atoms with Gasteiger partial charge in [0.1, 0.15) is 0 Å². The van der Waals surface area contributed by atoms with Gasteiger partial charge in [-0.3, -0.25) is 14.4 Å². The van der Waals surface area contributed by atoms with E-state index in [9.17, 15) is 14.4 Å². The summed E-state index contributed by atoms with van der Waals surface area (Å²) in [5, 5.41) is 9.07. The standard InChI is InChI=1S/C23H27BrN4O5/c1-13(2)26-22(30)23(31)28-25-11-16-9-17(24)21(19(10-16)32-5)33-12-20(29)27-18-7-6-14(3)8-15(18)4/h6-11,13H,12H2,1-5H3,(H,26,30)(H,27,29)(H,28,31)/b25-11-. The Morgan fingerprint density at radius 3 is 2.48 bits per heavy atom. The number of ether oxygens (including phenoxy) is 2. The van der Waals surface area contributed by atoms with E-state index in [4.69, 9.17) is 9.47 Å². The molecule has 0 aliphatic heterocycles. The van der Waals surface area contributed by atoms with Crippen LogP contribution in [0.3, 0.4) is 0 Å². The van der Waals surface area contributed by atoms with Gasteiger partial charge in [-0.25, -0.2) is 5.43 Å². The van der Waals surface area contributed by atoms with Crippen LogP contribution < -0.4 is 25.5 Å². The van der Waals surface area contributed by atoms with Crippen molar-refractivity contribution in [1.29, 1.82) is 0 Å². The number of benzene rings is 2. The third-order valence-corrected chi connectivity index (χ3v) is 4.85. The molecule has 3 amide bonds. The number of halogens is 1. The van der Waals surface area contributed by atoms with Gasteiger partial charge in [0.15, 0.2) is 18.1 Å². The van der Waals surface area contributed by atoms with Gasteiger partial charge in [0, 0.05) is 11.7 Å². The maximum Gasteiger partial charge on any atom is 0.329 e. The molecule has 0 atom stereocenters. The molecule has 0 heterocycles. The molecule has 0 aromatic heterocycles. The fraction of sp³-hybridized carbons (Fsp3) is 0.304. The first-order valence-electron chi connectivity index (χ1n) is 10.1. The molecule has 0 radical (unpaired) electrons. The van der Waals surface area contributed by atoms with E-state index in [1.165, 1.54) is 13.3 Å². The third-order valence-electron chi connectivity index (χ3n) is 4.26. The minimum atomic E-state index is -0.874. The zero-order valence-corrected chi connectivity index (χ0v) is 20.7. The second-order valence-corrected chi connectivity index (χ2v) is 8.37. The van der Waals surface area contributed by atoms with Crippen LogP contribution in [0.5, 0.6) is 11.5 Å². The molecule has 9 nitrogen and oxygen atoms in total. The molecule has 0 bridgehead atoms. The summed E-state index contributed by atoms with van der Waals surface area (Å²) in [4.78, 5) is 35.6. The second kappa shape index (κ2) is 12.0. The van der Waals surface area contributed by atoms with Gasteiger partial charge >= 0.3 is 11.8 Å². The van der Waals surface area contributed by atoms with Gasteiger partial charge in [-0.05, 0) is 73.0 Å². The maximum absolute atomic E-state index is 12.3. The number of carbonyl (C=O) groups is 3. The molecule has 0 aliphatic rings. The molecular weight excluding hydrogens is 492 g/mol. The van der Waals surface area contributed by atoms with E-state index in [0.29, 0.717) is 21.5 Å². The van der Waals surface area contributed by atoms with E-state index in [1.54, 1.807) is 26.0 Å². The van der Waals surface area contributed by atoms with E-state index < -0.39 is 11.8 Å². The number of hydrazone groups is 1. The predicted octanol–water partition coefficient (Wildman–Crippen LogP) is 3.07. The van der Waals surface area contributed by atoms with Crippen LogP contribution in [0.1, 0.15) is 30.5 Å². The number of carbonyl (C=O) groups excluding carboxylic acids is 3. The summed E-state index contributed by atoms with van der Waals surface area (Å²) in [7, 11) is 1.46. The van der Waals surface area contributed by atoms with Gasteiger partial charge < -0.3 is 20.1 Å². The van der Waals surface area contributed by atoms with E-state index in [-0.39, 0.29) is 18.6 Å². The number of anilines is 1. The largest absolute Gasteiger partial charge is 0.493 e. The van der Waals surface area contributed by atoms with Gasteiger partial charge in [-0.2, -0.15) is 5.10 Å². The minimum Gasteiger partial charge on any atom is -0.493 e. The highest BCUT2D eigenvalue weighted by molar-refractivity contribution is 9.10. The lowest BCUT2D eigenvalue weighted by Crippen LogP contribution is -2.41. The summed E-state index contributed by atoms with van der Waals surface area (Å²) < 4.78 is 11.6. The van der Waals surface area contributed by atoms with Crippen molar-refractivity contribution in [2.75, 3.05) is 19.0 Å². The van der Waals surface area contributed by atoms with Crippen molar-refractivity contribution >= 4 is 45.6 Å². The molecule has 0 saturated carbocycles. The Hall–Kier alpha value is -3.40. The van der Waals surface area contributed by atoms with Crippen molar-refractivity contribution in [3.8, 4) is 11.5 Å². The van der Waals surface area contributed by atoms with Crippen LogP contribution in [0, 0.1) is 13.8 Å². The zero-order valence-electron chi connectivity index (χ0n) is 19.1. The lowest BCUT2D eigenvalue weighted by Gasteiger charge is -2.14. The highest BCUT2D eigenvalue weighted by atomic mass is 79.9. The number of hydrogen-bond donors (Lipinski definition) is 3. The van der Waals surface area contributed by atoms with E-state index >= 15 is 0 Å². The highest BCUT2D eigenvalue weighted by Gasteiger charge is 2.15. The van der Waals surface area contributed by atoms with Gasteiger partial charge in [0.25, 0.3) is 5.91 Å². The molecule has 0 unspecified atom stereocenters. The molecule has 2 rings (SSSR count). The van der Waals surface area contributed by atoms with Crippen molar-refractivity contribution in [3.63, 3.8) is 0 Å². The number of hydrogen-bond acceptors (Lipinski definition) is 6. The van der Waals surface area contributed by atoms with Crippen LogP contribution in [0.2, 0.25) is 0 Å². The summed E-state index contributed by atoms with van der Waals surface area (Å²) >= 11 is 3.40. The monoisotopic (exact) mass is 518 g/mol. The highest BCUT2D eigenvalue weighted by Crippen LogP contribution is 2.36. The van der Waals surface area contributed by atoms with Crippen LogP contribution in [0.15, 0.2) is 39.9 Å².